The SMILES string of the molecule is CCOc1ccccc1/C=C(/C#N)c1ccc(C#N)cc1. The Morgan fingerprint density at radius 3 is 2.43 bits per heavy atom. The lowest BCUT2D eigenvalue weighted by atomic mass is 10.0. The Morgan fingerprint density at radius 2 is 1.81 bits per heavy atom. The largest absolute Gasteiger partial charge is 0.493 e. The molecule has 0 radical (unpaired) electrons. The van der Waals surface area contributed by atoms with Crippen LogP contribution in [0.1, 0.15) is 23.6 Å². The van der Waals surface area contributed by atoms with E-state index in [1.165, 1.54) is 0 Å². The van der Waals surface area contributed by atoms with Crippen molar-refractivity contribution >= 4 is 11.6 Å². The Bertz CT molecular complexity index is 731. The van der Waals surface area contributed by atoms with Crippen molar-refractivity contribution in [1.29, 1.82) is 10.5 Å². The van der Waals surface area contributed by atoms with Crippen LogP contribution in [-0.2, 0) is 0 Å². The zero-order valence-electron chi connectivity index (χ0n) is 11.7. The van der Waals surface area contributed by atoms with Gasteiger partial charge in [0.2, 0.25) is 0 Å². The highest BCUT2D eigenvalue weighted by molar-refractivity contribution is 5.90. The van der Waals surface area contributed by atoms with Crippen LogP contribution in [0.3, 0.4) is 0 Å². The number of allylic oxidation sites excluding steroid dienone is 1. The lowest BCUT2D eigenvalue weighted by Gasteiger charge is -2.07. The van der Waals surface area contributed by atoms with Crippen LogP contribution in [0.25, 0.3) is 11.6 Å². The molecule has 0 fully saturated rings. The molecular weight excluding hydrogens is 260 g/mol. The molecule has 0 bridgehead atoms. The van der Waals surface area contributed by atoms with E-state index in [0.29, 0.717) is 17.7 Å². The summed E-state index contributed by atoms with van der Waals surface area (Å²) in [5, 5.41) is 18.2. The first-order valence-corrected chi connectivity index (χ1v) is 6.62. The molecule has 3 nitrogen and oxygen atoms in total. The van der Waals surface area contributed by atoms with Gasteiger partial charge in [-0.15, -0.1) is 0 Å². The van der Waals surface area contributed by atoms with Gasteiger partial charge in [-0.1, -0.05) is 30.3 Å². The van der Waals surface area contributed by atoms with Crippen molar-refractivity contribution in [2.24, 2.45) is 0 Å². The van der Waals surface area contributed by atoms with Crippen LogP contribution in [0, 0.1) is 22.7 Å². The number of rotatable bonds is 4. The molecule has 0 aliphatic carbocycles. The fraction of sp³-hybridized carbons (Fsp3) is 0.111. The molecule has 0 aliphatic heterocycles. The second-order valence-electron chi connectivity index (χ2n) is 4.33. The van der Waals surface area contributed by atoms with E-state index < -0.39 is 0 Å². The van der Waals surface area contributed by atoms with Crippen molar-refractivity contribution in [3.63, 3.8) is 0 Å². The van der Waals surface area contributed by atoms with E-state index in [1.54, 1.807) is 30.3 Å². The zero-order valence-corrected chi connectivity index (χ0v) is 11.7. The molecule has 0 heterocycles. The first-order chi connectivity index (χ1) is 10.3. The molecule has 3 heteroatoms. The third-order valence-corrected chi connectivity index (χ3v) is 2.96. The number of nitriles is 2. The second-order valence-corrected chi connectivity index (χ2v) is 4.33. The molecule has 0 aliphatic rings. The van der Waals surface area contributed by atoms with Crippen LogP contribution in [0.15, 0.2) is 48.5 Å². The van der Waals surface area contributed by atoms with Crippen molar-refractivity contribution < 1.29 is 4.74 Å². The molecule has 0 unspecified atom stereocenters. The standard InChI is InChI=1S/C18H14N2O/c1-2-21-18-6-4-3-5-16(18)11-17(13-20)15-9-7-14(12-19)8-10-15/h3-11H,2H2,1H3/b17-11-. The predicted molar refractivity (Wildman–Crippen MR) is 82.3 cm³/mol. The highest BCUT2D eigenvalue weighted by Crippen LogP contribution is 2.24. The molecule has 21 heavy (non-hydrogen) atoms. The predicted octanol–water partition coefficient (Wildman–Crippen LogP) is 4.02. The van der Waals surface area contributed by atoms with E-state index in [2.05, 4.69) is 12.1 Å². The van der Waals surface area contributed by atoms with Crippen molar-refractivity contribution in [2.75, 3.05) is 6.61 Å². The summed E-state index contributed by atoms with van der Waals surface area (Å²) in [7, 11) is 0. The van der Waals surface area contributed by atoms with Crippen LogP contribution in [0.2, 0.25) is 0 Å². The number of nitrogens with zero attached hydrogens (tertiary/aromatic N) is 2. The summed E-state index contributed by atoms with van der Waals surface area (Å²) >= 11 is 0. The normalized spacial score (nSPS) is 10.5. The lowest BCUT2D eigenvalue weighted by Crippen LogP contribution is -1.93. The van der Waals surface area contributed by atoms with Crippen LogP contribution in [-0.4, -0.2) is 6.61 Å². The van der Waals surface area contributed by atoms with Crippen molar-refractivity contribution in [2.45, 2.75) is 6.92 Å². The zero-order chi connectivity index (χ0) is 15.1. The van der Waals surface area contributed by atoms with Gasteiger partial charge in [0.05, 0.1) is 29.9 Å². The quantitative estimate of drug-likeness (QED) is 0.625. The average Bonchev–Trinajstić information content (AvgIpc) is 2.54. The number of benzene rings is 2. The summed E-state index contributed by atoms with van der Waals surface area (Å²) in [6.07, 6.45) is 1.80. The van der Waals surface area contributed by atoms with Crippen molar-refractivity contribution in [3.8, 4) is 17.9 Å². The molecule has 0 spiro atoms. The summed E-state index contributed by atoms with van der Waals surface area (Å²) in [6.45, 7) is 2.50. The topological polar surface area (TPSA) is 56.8 Å². The van der Waals surface area contributed by atoms with Gasteiger partial charge in [-0.05, 0) is 36.8 Å². The summed E-state index contributed by atoms with van der Waals surface area (Å²) in [4.78, 5) is 0. The molecule has 0 atom stereocenters. The van der Waals surface area contributed by atoms with E-state index in [-0.39, 0.29) is 0 Å². The Kier molecular flexibility index (Phi) is 4.75. The van der Waals surface area contributed by atoms with Gasteiger partial charge < -0.3 is 4.74 Å². The lowest BCUT2D eigenvalue weighted by molar-refractivity contribution is 0.339. The maximum absolute atomic E-state index is 9.36. The molecule has 2 rings (SSSR count). The number of hydrogen-bond acceptors (Lipinski definition) is 3. The smallest absolute Gasteiger partial charge is 0.126 e. The third kappa shape index (κ3) is 3.49. The van der Waals surface area contributed by atoms with Gasteiger partial charge in [0.1, 0.15) is 5.75 Å². The minimum absolute atomic E-state index is 0.534. The maximum atomic E-state index is 9.36. The molecule has 0 saturated heterocycles. The van der Waals surface area contributed by atoms with Gasteiger partial charge in [-0.2, -0.15) is 10.5 Å². The van der Waals surface area contributed by atoms with Gasteiger partial charge in [-0.3, -0.25) is 0 Å². The van der Waals surface area contributed by atoms with Crippen molar-refractivity contribution in [3.05, 3.63) is 65.2 Å². The Morgan fingerprint density at radius 1 is 1.10 bits per heavy atom. The number of ether oxygens (including phenoxy) is 1. The van der Waals surface area contributed by atoms with Gasteiger partial charge in [0.15, 0.2) is 0 Å². The second kappa shape index (κ2) is 6.93. The monoisotopic (exact) mass is 274 g/mol. The molecule has 0 amide bonds. The number of hydrogen-bond donors (Lipinski definition) is 0. The number of para-hydroxylation sites is 1. The Labute approximate surface area is 124 Å². The van der Waals surface area contributed by atoms with E-state index in [9.17, 15) is 5.26 Å². The van der Waals surface area contributed by atoms with Crippen molar-refractivity contribution in [1.82, 2.24) is 0 Å². The van der Waals surface area contributed by atoms with E-state index in [1.807, 2.05) is 31.2 Å². The molecule has 0 aromatic heterocycles. The van der Waals surface area contributed by atoms with Gasteiger partial charge >= 0.3 is 0 Å². The van der Waals surface area contributed by atoms with Crippen LogP contribution >= 0.6 is 0 Å². The molecule has 0 saturated carbocycles. The first-order valence-electron chi connectivity index (χ1n) is 6.62. The fourth-order valence-corrected chi connectivity index (χ4v) is 1.95. The first kappa shape index (κ1) is 14.4. The highest BCUT2D eigenvalue weighted by atomic mass is 16.5. The molecule has 2 aromatic rings. The van der Waals surface area contributed by atoms with Crippen LogP contribution < -0.4 is 4.74 Å². The Hall–Kier alpha value is -3.04. The summed E-state index contributed by atoms with van der Waals surface area (Å²) in [5.74, 6) is 0.751. The van der Waals surface area contributed by atoms with E-state index in [4.69, 9.17) is 10.00 Å². The van der Waals surface area contributed by atoms with E-state index in [0.717, 1.165) is 16.9 Å². The minimum atomic E-state index is 0.534. The summed E-state index contributed by atoms with van der Waals surface area (Å²) in [6, 6.07) is 18.8. The maximum Gasteiger partial charge on any atom is 0.126 e. The van der Waals surface area contributed by atoms with Gasteiger partial charge in [-0.25, -0.2) is 0 Å². The third-order valence-electron chi connectivity index (χ3n) is 2.96. The fourth-order valence-electron chi connectivity index (χ4n) is 1.95. The highest BCUT2D eigenvalue weighted by Gasteiger charge is 2.05. The Balaban J connectivity index is 2.41. The molecule has 102 valence electrons. The summed E-state index contributed by atoms with van der Waals surface area (Å²) < 4.78 is 5.56. The minimum Gasteiger partial charge on any atom is -0.493 e. The average molecular weight is 274 g/mol. The van der Waals surface area contributed by atoms with Gasteiger partial charge in [0.25, 0.3) is 0 Å². The van der Waals surface area contributed by atoms with Gasteiger partial charge in [0, 0.05) is 5.56 Å². The molecular formula is C18H14N2O. The molecule has 2 aromatic carbocycles. The van der Waals surface area contributed by atoms with E-state index >= 15 is 0 Å². The van der Waals surface area contributed by atoms with Crippen LogP contribution in [0.5, 0.6) is 5.75 Å². The molecule has 0 N–H and O–H groups in total. The van der Waals surface area contributed by atoms with Crippen LogP contribution in [0.4, 0.5) is 0 Å². The summed E-state index contributed by atoms with van der Waals surface area (Å²) in [5.41, 5.74) is 2.75.